The second-order valence-electron chi connectivity index (χ2n) is 7.00. The highest BCUT2D eigenvalue weighted by Crippen LogP contribution is 2.41. The minimum absolute atomic E-state index is 0.0150. The fraction of sp³-hybridized carbons (Fsp3) is 0.208. The summed E-state index contributed by atoms with van der Waals surface area (Å²) in [6, 6.07) is 18.0. The van der Waals surface area contributed by atoms with Gasteiger partial charge in [-0.25, -0.2) is 4.79 Å². The SMILES string of the molecule is CCCC1C(=O)c2cc(OC(=O)c3cccnc3)ccc2OC1c1ccccc1. The largest absolute Gasteiger partial charge is 0.484 e. The second-order valence-corrected chi connectivity index (χ2v) is 7.00. The Labute approximate surface area is 169 Å². The van der Waals surface area contributed by atoms with Crippen molar-refractivity contribution in [3.8, 4) is 11.5 Å². The summed E-state index contributed by atoms with van der Waals surface area (Å²) in [5.41, 5.74) is 1.78. The predicted octanol–water partition coefficient (Wildman–Crippen LogP) is 5.03. The lowest BCUT2D eigenvalue weighted by molar-refractivity contribution is 0.0629. The Kier molecular flexibility index (Phi) is 5.38. The number of ether oxygens (including phenoxy) is 2. The summed E-state index contributed by atoms with van der Waals surface area (Å²) < 4.78 is 11.7. The van der Waals surface area contributed by atoms with Crippen LogP contribution in [0.25, 0.3) is 0 Å². The van der Waals surface area contributed by atoms with Gasteiger partial charge in [0.2, 0.25) is 0 Å². The fourth-order valence-electron chi connectivity index (χ4n) is 3.61. The van der Waals surface area contributed by atoms with Crippen molar-refractivity contribution >= 4 is 11.8 Å². The molecule has 1 aromatic heterocycles. The molecule has 1 aliphatic rings. The third-order valence-electron chi connectivity index (χ3n) is 5.01. The van der Waals surface area contributed by atoms with Gasteiger partial charge < -0.3 is 9.47 Å². The van der Waals surface area contributed by atoms with Gasteiger partial charge in [-0.15, -0.1) is 0 Å². The molecule has 4 rings (SSSR count). The maximum atomic E-state index is 13.3. The van der Waals surface area contributed by atoms with E-state index in [2.05, 4.69) is 11.9 Å². The van der Waals surface area contributed by atoms with E-state index in [0.29, 0.717) is 22.6 Å². The molecule has 0 aliphatic carbocycles. The molecule has 0 amide bonds. The molecular formula is C24H21NO4. The monoisotopic (exact) mass is 387 g/mol. The molecule has 1 aliphatic heterocycles. The lowest BCUT2D eigenvalue weighted by Crippen LogP contribution is -2.31. The van der Waals surface area contributed by atoms with Gasteiger partial charge in [-0.3, -0.25) is 9.78 Å². The number of hydrogen-bond acceptors (Lipinski definition) is 5. The molecule has 2 atom stereocenters. The van der Waals surface area contributed by atoms with Crippen LogP contribution < -0.4 is 9.47 Å². The molecule has 0 fully saturated rings. The normalized spacial score (nSPS) is 17.9. The number of benzene rings is 2. The van der Waals surface area contributed by atoms with Gasteiger partial charge in [-0.05, 0) is 42.3 Å². The lowest BCUT2D eigenvalue weighted by Gasteiger charge is -2.33. The maximum absolute atomic E-state index is 13.3. The summed E-state index contributed by atoms with van der Waals surface area (Å²) in [4.78, 5) is 29.5. The van der Waals surface area contributed by atoms with Crippen molar-refractivity contribution < 1.29 is 19.1 Å². The first-order chi connectivity index (χ1) is 14.2. The first-order valence-electron chi connectivity index (χ1n) is 9.69. The van der Waals surface area contributed by atoms with Crippen molar-refractivity contribution in [2.45, 2.75) is 25.9 Å². The molecule has 2 aromatic carbocycles. The van der Waals surface area contributed by atoms with Crippen LogP contribution >= 0.6 is 0 Å². The quantitative estimate of drug-likeness (QED) is 0.454. The van der Waals surface area contributed by atoms with E-state index in [4.69, 9.17) is 9.47 Å². The van der Waals surface area contributed by atoms with Crippen LogP contribution in [0.4, 0.5) is 0 Å². The Morgan fingerprint density at radius 1 is 1.10 bits per heavy atom. The maximum Gasteiger partial charge on any atom is 0.345 e. The van der Waals surface area contributed by atoms with Crippen molar-refractivity contribution in [2.75, 3.05) is 0 Å². The Hall–Kier alpha value is -3.47. The number of pyridine rings is 1. The zero-order valence-corrected chi connectivity index (χ0v) is 16.1. The fourth-order valence-corrected chi connectivity index (χ4v) is 3.61. The Morgan fingerprint density at radius 2 is 1.93 bits per heavy atom. The first-order valence-corrected chi connectivity index (χ1v) is 9.69. The molecule has 29 heavy (non-hydrogen) atoms. The van der Waals surface area contributed by atoms with E-state index in [0.717, 1.165) is 18.4 Å². The number of carbonyl (C=O) groups is 2. The number of aromatic nitrogens is 1. The second kappa shape index (κ2) is 8.27. The zero-order valence-electron chi connectivity index (χ0n) is 16.1. The number of nitrogens with zero attached hydrogens (tertiary/aromatic N) is 1. The summed E-state index contributed by atoms with van der Waals surface area (Å²) in [6.45, 7) is 2.05. The lowest BCUT2D eigenvalue weighted by atomic mass is 9.83. The summed E-state index contributed by atoms with van der Waals surface area (Å²) in [7, 11) is 0. The van der Waals surface area contributed by atoms with E-state index in [1.807, 2.05) is 30.3 Å². The number of ketones is 1. The third-order valence-corrected chi connectivity index (χ3v) is 5.01. The number of Topliss-reactive ketones (excluding diaryl/α,β-unsaturated/α-hetero) is 1. The van der Waals surface area contributed by atoms with Gasteiger partial charge in [-0.2, -0.15) is 0 Å². The molecule has 0 N–H and O–H groups in total. The summed E-state index contributed by atoms with van der Waals surface area (Å²) in [6.07, 6.45) is 4.30. The van der Waals surface area contributed by atoms with Crippen molar-refractivity contribution in [2.24, 2.45) is 5.92 Å². The topological polar surface area (TPSA) is 65.5 Å². The Morgan fingerprint density at radius 3 is 2.66 bits per heavy atom. The standard InChI is InChI=1S/C24H21NO4/c1-2-7-19-22(26)20-14-18(28-24(27)17-10-6-13-25-15-17)11-12-21(20)29-23(19)16-8-4-3-5-9-16/h3-6,8-15,19,23H,2,7H2,1H3. The number of rotatable bonds is 5. The Bertz CT molecular complexity index is 1020. The van der Waals surface area contributed by atoms with E-state index in [1.54, 1.807) is 36.5 Å². The van der Waals surface area contributed by atoms with Crippen LogP contribution in [0.5, 0.6) is 11.5 Å². The van der Waals surface area contributed by atoms with Crippen LogP contribution in [-0.2, 0) is 0 Å². The Balaban J connectivity index is 1.63. The summed E-state index contributed by atoms with van der Waals surface area (Å²) >= 11 is 0. The highest BCUT2D eigenvalue weighted by Gasteiger charge is 2.37. The zero-order chi connectivity index (χ0) is 20.2. The molecule has 2 unspecified atom stereocenters. The van der Waals surface area contributed by atoms with Gasteiger partial charge in [0.25, 0.3) is 0 Å². The smallest absolute Gasteiger partial charge is 0.345 e. The minimum atomic E-state index is -0.519. The molecule has 3 aromatic rings. The van der Waals surface area contributed by atoms with Crippen LogP contribution in [0.3, 0.4) is 0 Å². The molecule has 0 saturated heterocycles. The van der Waals surface area contributed by atoms with Gasteiger partial charge in [0.1, 0.15) is 17.6 Å². The molecule has 5 heteroatoms. The van der Waals surface area contributed by atoms with E-state index >= 15 is 0 Å². The highest BCUT2D eigenvalue weighted by atomic mass is 16.5. The average molecular weight is 387 g/mol. The highest BCUT2D eigenvalue weighted by molar-refractivity contribution is 6.02. The molecule has 2 heterocycles. The van der Waals surface area contributed by atoms with Gasteiger partial charge in [0, 0.05) is 12.4 Å². The van der Waals surface area contributed by atoms with E-state index in [1.165, 1.54) is 6.20 Å². The number of hydrogen-bond donors (Lipinski definition) is 0. The van der Waals surface area contributed by atoms with Gasteiger partial charge in [0.05, 0.1) is 17.0 Å². The number of esters is 1. The van der Waals surface area contributed by atoms with Crippen LogP contribution in [0, 0.1) is 5.92 Å². The molecule has 0 saturated carbocycles. The molecule has 146 valence electrons. The first kappa shape index (κ1) is 18.9. The molecular weight excluding hydrogens is 366 g/mol. The van der Waals surface area contributed by atoms with Crippen molar-refractivity contribution in [3.63, 3.8) is 0 Å². The van der Waals surface area contributed by atoms with Crippen LogP contribution in [0.2, 0.25) is 0 Å². The van der Waals surface area contributed by atoms with Crippen molar-refractivity contribution in [3.05, 3.63) is 89.7 Å². The molecule has 5 nitrogen and oxygen atoms in total. The average Bonchev–Trinajstić information content (AvgIpc) is 2.77. The number of carbonyl (C=O) groups excluding carboxylic acids is 2. The molecule has 0 bridgehead atoms. The van der Waals surface area contributed by atoms with Gasteiger partial charge >= 0.3 is 5.97 Å². The van der Waals surface area contributed by atoms with Crippen LogP contribution in [0.1, 0.15) is 52.1 Å². The van der Waals surface area contributed by atoms with Crippen molar-refractivity contribution in [1.82, 2.24) is 4.98 Å². The minimum Gasteiger partial charge on any atom is -0.484 e. The summed E-state index contributed by atoms with van der Waals surface area (Å²) in [5.74, 6) is 0.0373. The van der Waals surface area contributed by atoms with E-state index in [9.17, 15) is 9.59 Å². The van der Waals surface area contributed by atoms with Crippen LogP contribution in [-0.4, -0.2) is 16.7 Å². The number of fused-ring (bicyclic) bond motifs is 1. The van der Waals surface area contributed by atoms with E-state index in [-0.39, 0.29) is 17.8 Å². The van der Waals surface area contributed by atoms with Crippen molar-refractivity contribution in [1.29, 1.82) is 0 Å². The molecule has 0 radical (unpaired) electrons. The van der Waals surface area contributed by atoms with Crippen LogP contribution in [0.15, 0.2) is 73.1 Å². The molecule has 0 spiro atoms. The van der Waals surface area contributed by atoms with E-state index < -0.39 is 5.97 Å². The predicted molar refractivity (Wildman–Crippen MR) is 108 cm³/mol. The van der Waals surface area contributed by atoms with Gasteiger partial charge in [0.15, 0.2) is 5.78 Å². The third kappa shape index (κ3) is 3.90. The summed E-state index contributed by atoms with van der Waals surface area (Å²) in [5, 5.41) is 0. The van der Waals surface area contributed by atoms with Gasteiger partial charge in [-0.1, -0.05) is 43.7 Å².